The lowest BCUT2D eigenvalue weighted by molar-refractivity contribution is 1.16. The summed E-state index contributed by atoms with van der Waals surface area (Å²) in [4.78, 5) is 7.90. The minimum atomic E-state index is 0.541. The smallest absolute Gasteiger partial charge is 0.211 e. The number of benzene rings is 7. The lowest BCUT2D eigenvalue weighted by atomic mass is 9.94. The molecule has 0 unspecified atom stereocenters. The van der Waals surface area contributed by atoms with Gasteiger partial charge in [-0.25, -0.2) is 9.69 Å². The SMILES string of the molecule is [C-]#[N+]c1cccc(-c2cc([N+]#[C-])c(-n3c4ccccc4c4ccccc43)c(-c3ccccc3-n3c4ccccc4c4ccccc43)c2)c1. The van der Waals surface area contributed by atoms with Crippen molar-refractivity contribution in [2.45, 2.75) is 0 Å². The highest BCUT2D eigenvalue weighted by molar-refractivity contribution is 6.12. The fraction of sp³-hybridized carbons (Fsp3) is 0. The Bertz CT molecular complexity index is 2710. The van der Waals surface area contributed by atoms with E-state index < -0.39 is 0 Å². The minimum Gasteiger partial charge on any atom is -0.318 e. The Hall–Kier alpha value is -6.88. The van der Waals surface area contributed by atoms with Gasteiger partial charge >= 0.3 is 0 Å². The molecule has 0 N–H and O–H groups in total. The number of hydrogen-bond acceptors (Lipinski definition) is 0. The quantitative estimate of drug-likeness (QED) is 0.177. The second kappa shape index (κ2) is 10.9. The third-order valence-corrected chi connectivity index (χ3v) is 9.34. The molecule has 9 rings (SSSR count). The molecule has 0 aliphatic heterocycles. The number of hydrogen-bond donors (Lipinski definition) is 0. The first-order chi connectivity index (χ1) is 23.7. The fourth-order valence-corrected chi connectivity index (χ4v) is 7.31. The maximum absolute atomic E-state index is 8.57. The zero-order valence-corrected chi connectivity index (χ0v) is 25.8. The van der Waals surface area contributed by atoms with E-state index in [1.165, 1.54) is 10.8 Å². The Morgan fingerprint density at radius 3 is 1.48 bits per heavy atom. The van der Waals surface area contributed by atoms with Gasteiger partial charge in [-0.2, -0.15) is 0 Å². The van der Waals surface area contributed by atoms with Crippen LogP contribution in [0.2, 0.25) is 0 Å². The van der Waals surface area contributed by atoms with Gasteiger partial charge in [0.15, 0.2) is 5.69 Å². The predicted molar refractivity (Wildman–Crippen MR) is 199 cm³/mol. The summed E-state index contributed by atoms with van der Waals surface area (Å²) in [6.45, 7) is 16.2. The number of aromatic nitrogens is 2. The summed E-state index contributed by atoms with van der Waals surface area (Å²) in [7, 11) is 0. The van der Waals surface area contributed by atoms with Gasteiger partial charge in [-0.1, -0.05) is 109 Å². The average Bonchev–Trinajstić information content (AvgIpc) is 3.67. The molecule has 0 saturated heterocycles. The van der Waals surface area contributed by atoms with Crippen LogP contribution in [0.4, 0.5) is 11.4 Å². The van der Waals surface area contributed by atoms with Gasteiger partial charge in [0, 0.05) is 27.1 Å². The van der Waals surface area contributed by atoms with Crippen molar-refractivity contribution in [1.29, 1.82) is 0 Å². The number of para-hydroxylation sites is 5. The largest absolute Gasteiger partial charge is 0.318 e. The van der Waals surface area contributed by atoms with Crippen LogP contribution in [-0.2, 0) is 0 Å². The minimum absolute atomic E-state index is 0.541. The van der Waals surface area contributed by atoms with E-state index in [4.69, 9.17) is 13.1 Å². The van der Waals surface area contributed by atoms with Gasteiger partial charge in [0.1, 0.15) is 0 Å². The van der Waals surface area contributed by atoms with Crippen LogP contribution in [0.3, 0.4) is 0 Å². The van der Waals surface area contributed by atoms with Crippen LogP contribution in [0.15, 0.2) is 158 Å². The molecule has 0 radical (unpaired) electrons. The summed E-state index contributed by atoms with van der Waals surface area (Å²) >= 11 is 0. The van der Waals surface area contributed by atoms with Crippen molar-refractivity contribution in [3.05, 3.63) is 181 Å². The zero-order valence-electron chi connectivity index (χ0n) is 25.8. The maximum atomic E-state index is 8.57. The van der Waals surface area contributed by atoms with Crippen molar-refractivity contribution < 1.29 is 0 Å². The highest BCUT2D eigenvalue weighted by Crippen LogP contribution is 2.46. The van der Waals surface area contributed by atoms with E-state index in [9.17, 15) is 0 Å². The van der Waals surface area contributed by atoms with Crippen molar-refractivity contribution in [2.75, 3.05) is 0 Å². The maximum Gasteiger partial charge on any atom is 0.211 e. The van der Waals surface area contributed by atoms with Crippen LogP contribution in [0.1, 0.15) is 0 Å². The van der Waals surface area contributed by atoms with E-state index >= 15 is 0 Å². The van der Waals surface area contributed by atoms with Crippen molar-refractivity contribution >= 4 is 55.0 Å². The molecule has 9 aromatic rings. The van der Waals surface area contributed by atoms with Gasteiger partial charge in [-0.15, -0.1) is 0 Å². The van der Waals surface area contributed by atoms with Crippen LogP contribution >= 0.6 is 0 Å². The van der Waals surface area contributed by atoms with Gasteiger partial charge in [0.2, 0.25) is 5.69 Å². The first kappa shape index (κ1) is 27.4. The number of rotatable bonds is 4. The summed E-state index contributed by atoms with van der Waals surface area (Å²) in [5.74, 6) is 0. The standard InChI is InChI=1S/C44H26N4/c1-45-31-15-13-14-29(26-31)30-27-37(44(38(28-30)46-2)48-42-24-11-5-18-34(42)35-19-6-12-25-43(35)48)36-20-7-10-23-41(36)47-39-21-8-3-16-32(39)33-17-4-9-22-40(33)47/h3-28H. The number of fused-ring (bicyclic) bond motifs is 6. The van der Waals surface area contributed by atoms with E-state index in [0.717, 1.165) is 66.5 Å². The Balaban J connectivity index is 1.45. The molecule has 0 amide bonds. The van der Waals surface area contributed by atoms with Gasteiger partial charge in [-0.3, -0.25) is 0 Å². The Labute approximate surface area is 277 Å². The summed E-state index contributed by atoms with van der Waals surface area (Å²) < 4.78 is 4.61. The van der Waals surface area contributed by atoms with E-state index in [0.29, 0.717) is 11.4 Å². The Morgan fingerprint density at radius 1 is 0.396 bits per heavy atom. The Kier molecular flexibility index (Phi) is 6.22. The lowest BCUT2D eigenvalue weighted by Gasteiger charge is -2.21. The molecule has 4 nitrogen and oxygen atoms in total. The summed E-state index contributed by atoms with van der Waals surface area (Å²) in [5.41, 5.74) is 11.0. The van der Waals surface area contributed by atoms with Crippen LogP contribution in [0, 0.1) is 13.1 Å². The lowest BCUT2D eigenvalue weighted by Crippen LogP contribution is -2.02. The Morgan fingerprint density at radius 2 is 0.917 bits per heavy atom. The first-order valence-electron chi connectivity index (χ1n) is 15.8. The molecule has 0 spiro atoms. The molecule has 0 fully saturated rings. The molecular weight excluding hydrogens is 585 g/mol. The molecule has 2 aromatic heterocycles. The fourth-order valence-electron chi connectivity index (χ4n) is 7.31. The van der Waals surface area contributed by atoms with E-state index in [1.807, 2.05) is 30.3 Å². The monoisotopic (exact) mass is 610 g/mol. The van der Waals surface area contributed by atoms with Gasteiger partial charge in [0.05, 0.1) is 46.6 Å². The molecule has 48 heavy (non-hydrogen) atoms. The molecule has 7 aromatic carbocycles. The third-order valence-electron chi connectivity index (χ3n) is 9.34. The van der Waals surface area contributed by atoms with Gasteiger partial charge in [0.25, 0.3) is 0 Å². The first-order valence-corrected chi connectivity index (χ1v) is 15.8. The highest BCUT2D eigenvalue weighted by atomic mass is 15.0. The second-order valence-electron chi connectivity index (χ2n) is 11.9. The molecule has 0 atom stereocenters. The normalized spacial score (nSPS) is 11.3. The van der Waals surface area contributed by atoms with Crippen LogP contribution < -0.4 is 0 Å². The van der Waals surface area contributed by atoms with Crippen molar-refractivity contribution in [2.24, 2.45) is 0 Å². The molecule has 2 heterocycles. The molecular formula is C44H26N4. The van der Waals surface area contributed by atoms with E-state index in [1.54, 1.807) is 0 Å². The molecule has 4 heteroatoms. The van der Waals surface area contributed by atoms with Crippen LogP contribution in [0.5, 0.6) is 0 Å². The highest BCUT2D eigenvalue weighted by Gasteiger charge is 2.23. The van der Waals surface area contributed by atoms with Gasteiger partial charge < -0.3 is 9.13 Å². The molecule has 0 aliphatic carbocycles. The topological polar surface area (TPSA) is 18.6 Å². The average molecular weight is 611 g/mol. The summed E-state index contributed by atoms with van der Waals surface area (Å²) in [6, 6.07) is 54.2. The molecule has 222 valence electrons. The van der Waals surface area contributed by atoms with Crippen LogP contribution in [0.25, 0.3) is 86.9 Å². The zero-order chi connectivity index (χ0) is 32.2. The van der Waals surface area contributed by atoms with Crippen molar-refractivity contribution in [3.63, 3.8) is 0 Å². The van der Waals surface area contributed by atoms with Crippen molar-refractivity contribution in [3.8, 4) is 33.6 Å². The summed E-state index contributed by atoms with van der Waals surface area (Å²) in [6.07, 6.45) is 0. The van der Waals surface area contributed by atoms with E-state index in [-0.39, 0.29) is 0 Å². The number of nitrogens with zero attached hydrogens (tertiary/aromatic N) is 4. The summed E-state index contributed by atoms with van der Waals surface area (Å²) in [5, 5.41) is 4.66. The third kappa shape index (κ3) is 4.07. The van der Waals surface area contributed by atoms with Crippen LogP contribution in [-0.4, -0.2) is 9.13 Å². The molecule has 0 bridgehead atoms. The molecule has 0 saturated carbocycles. The van der Waals surface area contributed by atoms with Gasteiger partial charge in [-0.05, 0) is 65.2 Å². The van der Waals surface area contributed by atoms with E-state index in [2.05, 4.69) is 146 Å². The molecule has 0 aliphatic rings. The second-order valence-corrected chi connectivity index (χ2v) is 11.9. The predicted octanol–water partition coefficient (Wildman–Crippen LogP) is 12.3. The van der Waals surface area contributed by atoms with Crippen molar-refractivity contribution in [1.82, 2.24) is 9.13 Å².